The fraction of sp³-hybridized carbons (Fsp3) is 0.353. The molecular formula is C17H22N4O3. The molecule has 2 N–H and O–H groups in total. The number of benzene rings is 1. The Labute approximate surface area is 141 Å². The minimum absolute atomic E-state index is 0.00181. The third kappa shape index (κ3) is 4.20. The lowest BCUT2D eigenvalue weighted by Crippen LogP contribution is -2.18. The predicted molar refractivity (Wildman–Crippen MR) is 92.2 cm³/mol. The van der Waals surface area contributed by atoms with Gasteiger partial charge in [-0.05, 0) is 43.2 Å². The first-order chi connectivity index (χ1) is 11.4. The first-order valence-electron chi connectivity index (χ1n) is 7.68. The van der Waals surface area contributed by atoms with Gasteiger partial charge in [0.25, 0.3) is 5.91 Å². The zero-order valence-electron chi connectivity index (χ0n) is 14.3. The minimum atomic E-state index is -0.223. The van der Waals surface area contributed by atoms with E-state index in [9.17, 15) is 9.59 Å². The molecule has 2 amide bonds. The standard InChI is InChI=1S/C17H22N4O3/c1-5-12-9-15(21(3)20-12)17(23)18-13-6-7-14(11(2)8-13)19-16(22)10-24-4/h6-9H,5,10H2,1-4H3,(H,18,23)(H,19,22). The highest BCUT2D eigenvalue weighted by molar-refractivity contribution is 6.03. The van der Waals surface area contributed by atoms with Crippen LogP contribution in [0.2, 0.25) is 0 Å². The quantitative estimate of drug-likeness (QED) is 0.849. The summed E-state index contributed by atoms with van der Waals surface area (Å²) in [6.07, 6.45) is 0.774. The number of carbonyl (C=O) groups is 2. The molecule has 0 atom stereocenters. The van der Waals surface area contributed by atoms with Crippen molar-refractivity contribution in [2.24, 2.45) is 7.05 Å². The van der Waals surface area contributed by atoms with Crippen molar-refractivity contribution in [2.75, 3.05) is 24.4 Å². The number of methoxy groups -OCH3 is 1. The Balaban J connectivity index is 2.10. The largest absolute Gasteiger partial charge is 0.375 e. The number of hydrogen-bond acceptors (Lipinski definition) is 4. The summed E-state index contributed by atoms with van der Waals surface area (Å²) in [5, 5.41) is 9.87. The summed E-state index contributed by atoms with van der Waals surface area (Å²) in [6.45, 7) is 3.85. The van der Waals surface area contributed by atoms with Crippen molar-refractivity contribution < 1.29 is 14.3 Å². The summed E-state index contributed by atoms with van der Waals surface area (Å²) in [4.78, 5) is 23.9. The second-order valence-electron chi connectivity index (χ2n) is 5.46. The molecule has 7 nitrogen and oxygen atoms in total. The van der Waals surface area contributed by atoms with Gasteiger partial charge in [0.15, 0.2) is 0 Å². The van der Waals surface area contributed by atoms with Gasteiger partial charge >= 0.3 is 0 Å². The monoisotopic (exact) mass is 330 g/mol. The van der Waals surface area contributed by atoms with E-state index < -0.39 is 0 Å². The summed E-state index contributed by atoms with van der Waals surface area (Å²) in [7, 11) is 3.21. The van der Waals surface area contributed by atoms with E-state index >= 15 is 0 Å². The van der Waals surface area contributed by atoms with Gasteiger partial charge < -0.3 is 15.4 Å². The average Bonchev–Trinajstić information content (AvgIpc) is 2.91. The maximum absolute atomic E-state index is 12.4. The van der Waals surface area contributed by atoms with Crippen LogP contribution < -0.4 is 10.6 Å². The van der Waals surface area contributed by atoms with E-state index in [0.29, 0.717) is 17.1 Å². The Morgan fingerprint density at radius 3 is 2.58 bits per heavy atom. The van der Waals surface area contributed by atoms with Crippen LogP contribution in [0.1, 0.15) is 28.7 Å². The number of aryl methyl sites for hydroxylation is 3. The molecule has 7 heteroatoms. The molecule has 1 aromatic carbocycles. The molecule has 24 heavy (non-hydrogen) atoms. The van der Waals surface area contributed by atoms with Crippen LogP contribution in [0.4, 0.5) is 11.4 Å². The average molecular weight is 330 g/mol. The topological polar surface area (TPSA) is 85.3 Å². The molecule has 0 saturated carbocycles. The van der Waals surface area contributed by atoms with Crippen molar-refractivity contribution in [1.82, 2.24) is 9.78 Å². The van der Waals surface area contributed by atoms with Gasteiger partial charge in [0.05, 0.1) is 5.69 Å². The summed E-state index contributed by atoms with van der Waals surface area (Å²) in [5.74, 6) is -0.445. The number of aromatic nitrogens is 2. The maximum atomic E-state index is 12.4. The van der Waals surface area contributed by atoms with E-state index in [-0.39, 0.29) is 18.4 Å². The Morgan fingerprint density at radius 1 is 1.25 bits per heavy atom. The molecule has 0 radical (unpaired) electrons. The molecule has 0 saturated heterocycles. The Kier molecular flexibility index (Phi) is 5.70. The number of hydrogen-bond donors (Lipinski definition) is 2. The number of nitrogens with one attached hydrogen (secondary N) is 2. The first-order valence-corrected chi connectivity index (χ1v) is 7.68. The fourth-order valence-corrected chi connectivity index (χ4v) is 2.31. The number of rotatable bonds is 6. The molecule has 2 rings (SSSR count). The molecule has 2 aromatic rings. The zero-order valence-corrected chi connectivity index (χ0v) is 14.3. The Morgan fingerprint density at radius 2 is 2.00 bits per heavy atom. The minimum Gasteiger partial charge on any atom is -0.375 e. The number of amides is 2. The van der Waals surface area contributed by atoms with E-state index in [0.717, 1.165) is 17.7 Å². The number of ether oxygens (including phenoxy) is 1. The van der Waals surface area contributed by atoms with Crippen LogP contribution in [0, 0.1) is 6.92 Å². The van der Waals surface area contributed by atoms with E-state index in [1.54, 1.807) is 36.0 Å². The lowest BCUT2D eigenvalue weighted by molar-refractivity contribution is -0.119. The second kappa shape index (κ2) is 7.74. The van der Waals surface area contributed by atoms with Gasteiger partial charge in [0.2, 0.25) is 5.91 Å². The van der Waals surface area contributed by atoms with Crippen LogP contribution in [-0.4, -0.2) is 35.3 Å². The lowest BCUT2D eigenvalue weighted by Gasteiger charge is -2.11. The molecule has 0 bridgehead atoms. The number of anilines is 2. The van der Waals surface area contributed by atoms with Gasteiger partial charge in [-0.2, -0.15) is 5.10 Å². The highest BCUT2D eigenvalue weighted by atomic mass is 16.5. The first kappa shape index (κ1) is 17.7. The molecule has 128 valence electrons. The molecule has 0 aliphatic rings. The third-order valence-electron chi connectivity index (χ3n) is 3.56. The predicted octanol–water partition coefficient (Wildman–Crippen LogP) is 2.13. The van der Waals surface area contributed by atoms with Crippen molar-refractivity contribution in [3.05, 3.63) is 41.2 Å². The zero-order chi connectivity index (χ0) is 17.7. The van der Waals surface area contributed by atoms with Crippen molar-refractivity contribution >= 4 is 23.2 Å². The van der Waals surface area contributed by atoms with Crippen LogP contribution in [0.3, 0.4) is 0 Å². The summed E-state index contributed by atoms with van der Waals surface area (Å²) in [5.41, 5.74) is 3.55. The normalized spacial score (nSPS) is 10.5. The van der Waals surface area contributed by atoms with Crippen LogP contribution in [0.25, 0.3) is 0 Å². The van der Waals surface area contributed by atoms with Crippen LogP contribution >= 0.6 is 0 Å². The van der Waals surface area contributed by atoms with Gasteiger partial charge in [-0.25, -0.2) is 0 Å². The fourth-order valence-electron chi connectivity index (χ4n) is 2.31. The molecule has 0 unspecified atom stereocenters. The lowest BCUT2D eigenvalue weighted by atomic mass is 10.1. The van der Waals surface area contributed by atoms with Crippen molar-refractivity contribution in [3.63, 3.8) is 0 Å². The van der Waals surface area contributed by atoms with Gasteiger partial charge in [-0.1, -0.05) is 6.92 Å². The van der Waals surface area contributed by atoms with Gasteiger partial charge in [-0.15, -0.1) is 0 Å². The molecule has 0 aliphatic heterocycles. The van der Waals surface area contributed by atoms with Crippen molar-refractivity contribution in [1.29, 1.82) is 0 Å². The van der Waals surface area contributed by atoms with E-state index in [1.807, 2.05) is 13.8 Å². The van der Waals surface area contributed by atoms with Crippen LogP contribution in [-0.2, 0) is 23.0 Å². The molecule has 1 heterocycles. The molecule has 1 aromatic heterocycles. The number of carbonyl (C=O) groups excluding carboxylic acids is 2. The van der Waals surface area contributed by atoms with Gasteiger partial charge in [0.1, 0.15) is 12.3 Å². The Bertz CT molecular complexity index is 752. The highest BCUT2D eigenvalue weighted by Gasteiger charge is 2.13. The smallest absolute Gasteiger partial charge is 0.273 e. The molecular weight excluding hydrogens is 308 g/mol. The SMILES string of the molecule is CCc1cc(C(=O)Nc2ccc(NC(=O)COC)c(C)c2)n(C)n1. The second-order valence-corrected chi connectivity index (χ2v) is 5.46. The number of nitrogens with zero attached hydrogens (tertiary/aromatic N) is 2. The van der Waals surface area contributed by atoms with Gasteiger partial charge in [-0.3, -0.25) is 14.3 Å². The third-order valence-corrected chi connectivity index (χ3v) is 3.56. The van der Waals surface area contributed by atoms with E-state index in [2.05, 4.69) is 15.7 Å². The van der Waals surface area contributed by atoms with Crippen LogP contribution in [0.5, 0.6) is 0 Å². The Hall–Kier alpha value is -2.67. The molecule has 0 aliphatic carbocycles. The van der Waals surface area contributed by atoms with Crippen LogP contribution in [0.15, 0.2) is 24.3 Å². The van der Waals surface area contributed by atoms with Crippen molar-refractivity contribution in [3.8, 4) is 0 Å². The highest BCUT2D eigenvalue weighted by Crippen LogP contribution is 2.20. The van der Waals surface area contributed by atoms with Crippen molar-refractivity contribution in [2.45, 2.75) is 20.3 Å². The summed E-state index contributed by atoms with van der Waals surface area (Å²) >= 11 is 0. The summed E-state index contributed by atoms with van der Waals surface area (Å²) < 4.78 is 6.36. The van der Waals surface area contributed by atoms with Gasteiger partial charge in [0, 0.05) is 25.5 Å². The molecule has 0 fully saturated rings. The van der Waals surface area contributed by atoms with E-state index in [4.69, 9.17) is 4.74 Å². The maximum Gasteiger partial charge on any atom is 0.273 e. The molecule has 0 spiro atoms. The van der Waals surface area contributed by atoms with E-state index in [1.165, 1.54) is 7.11 Å². The summed E-state index contributed by atoms with van der Waals surface area (Å²) in [6, 6.07) is 7.07.